The van der Waals surface area contributed by atoms with Crippen molar-refractivity contribution in [2.45, 2.75) is 20.3 Å². The maximum absolute atomic E-state index is 13.0. The summed E-state index contributed by atoms with van der Waals surface area (Å²) in [6.45, 7) is 7.02. The molecule has 2 aliphatic rings. The molecule has 0 spiro atoms. The third kappa shape index (κ3) is 2.21. The van der Waals surface area contributed by atoms with Crippen LogP contribution in [0.4, 0.5) is 0 Å². The van der Waals surface area contributed by atoms with Gasteiger partial charge in [-0.25, -0.2) is 4.98 Å². The zero-order valence-electron chi connectivity index (χ0n) is 13.8. The van der Waals surface area contributed by atoms with Crippen molar-refractivity contribution in [1.82, 2.24) is 9.88 Å². The summed E-state index contributed by atoms with van der Waals surface area (Å²) in [5.74, 6) is 0.673. The molecule has 1 amide bonds. The van der Waals surface area contributed by atoms with Gasteiger partial charge in [0.2, 0.25) is 0 Å². The molecule has 0 unspecified atom stereocenters. The molecule has 4 nitrogen and oxygen atoms in total. The Bertz CT molecular complexity index is 769. The van der Waals surface area contributed by atoms with Gasteiger partial charge in [-0.3, -0.25) is 4.79 Å². The Morgan fingerprint density at radius 3 is 3.04 bits per heavy atom. The van der Waals surface area contributed by atoms with Crippen LogP contribution >= 0.6 is 11.3 Å². The van der Waals surface area contributed by atoms with Crippen molar-refractivity contribution in [3.8, 4) is 0 Å². The van der Waals surface area contributed by atoms with Gasteiger partial charge >= 0.3 is 0 Å². The van der Waals surface area contributed by atoms with E-state index in [9.17, 15) is 4.79 Å². The van der Waals surface area contributed by atoms with E-state index in [2.05, 4.69) is 18.8 Å². The summed E-state index contributed by atoms with van der Waals surface area (Å²) in [6, 6.07) is 5.82. The molecule has 1 aromatic heterocycles. The number of amides is 1. The van der Waals surface area contributed by atoms with Crippen LogP contribution in [-0.2, 0) is 4.74 Å². The topological polar surface area (TPSA) is 42.4 Å². The zero-order chi connectivity index (χ0) is 16.2. The number of nitrogens with zero attached hydrogens (tertiary/aromatic N) is 2. The number of carbonyl (C=O) groups excluding carboxylic acids is 1. The number of carbonyl (C=O) groups is 1. The maximum atomic E-state index is 13.0. The summed E-state index contributed by atoms with van der Waals surface area (Å²) in [5.41, 5.74) is 4.02. The van der Waals surface area contributed by atoms with E-state index in [1.807, 2.05) is 28.6 Å². The lowest BCUT2D eigenvalue weighted by Crippen LogP contribution is -2.55. The summed E-state index contributed by atoms with van der Waals surface area (Å²) in [4.78, 5) is 19.3. The van der Waals surface area contributed by atoms with Crippen LogP contribution < -0.4 is 0 Å². The average molecular weight is 330 g/mol. The summed E-state index contributed by atoms with van der Waals surface area (Å²) in [7, 11) is 1.76. The zero-order valence-corrected chi connectivity index (χ0v) is 14.7. The fourth-order valence-corrected chi connectivity index (χ4v) is 5.65. The van der Waals surface area contributed by atoms with E-state index in [1.54, 1.807) is 18.4 Å². The molecule has 2 fully saturated rings. The van der Waals surface area contributed by atoms with Crippen molar-refractivity contribution in [2.24, 2.45) is 16.7 Å². The number of methoxy groups -OCH3 is 1. The third-order valence-corrected chi connectivity index (χ3v) is 6.49. The van der Waals surface area contributed by atoms with Crippen LogP contribution in [0.3, 0.4) is 0 Å². The van der Waals surface area contributed by atoms with Crippen LogP contribution in [0, 0.1) is 16.7 Å². The quantitative estimate of drug-likeness (QED) is 0.866. The molecule has 1 aliphatic heterocycles. The fraction of sp³-hybridized carbons (Fsp3) is 0.556. The first-order valence-corrected chi connectivity index (χ1v) is 8.95. The highest BCUT2D eigenvalue weighted by atomic mass is 32.1. The van der Waals surface area contributed by atoms with Crippen LogP contribution in [0.25, 0.3) is 10.2 Å². The molecule has 2 heterocycles. The lowest BCUT2D eigenvalue weighted by atomic mass is 9.48. The molecule has 0 radical (unpaired) electrons. The minimum Gasteiger partial charge on any atom is -0.384 e. The van der Waals surface area contributed by atoms with Crippen LogP contribution in [0.1, 0.15) is 30.6 Å². The monoisotopic (exact) mass is 330 g/mol. The predicted octanol–water partition coefficient (Wildman–Crippen LogP) is 3.43. The molecule has 1 aliphatic carbocycles. The first kappa shape index (κ1) is 15.1. The van der Waals surface area contributed by atoms with Crippen molar-refractivity contribution >= 4 is 27.5 Å². The van der Waals surface area contributed by atoms with Crippen LogP contribution in [0.15, 0.2) is 23.7 Å². The summed E-state index contributed by atoms with van der Waals surface area (Å²) >= 11 is 1.58. The number of likely N-dealkylation sites (tertiary alicyclic amines) is 1. The number of fused-ring (bicyclic) bond motifs is 2. The highest BCUT2D eigenvalue weighted by Crippen LogP contribution is 2.62. The second kappa shape index (κ2) is 5.02. The normalized spacial score (nSPS) is 28.7. The molecular weight excluding hydrogens is 308 g/mol. The average Bonchev–Trinajstić information content (AvgIpc) is 3.08. The summed E-state index contributed by atoms with van der Waals surface area (Å²) in [6.07, 6.45) is 1.14. The molecule has 5 heteroatoms. The molecule has 1 saturated heterocycles. The highest BCUT2D eigenvalue weighted by Gasteiger charge is 2.63. The molecule has 122 valence electrons. The van der Waals surface area contributed by atoms with Gasteiger partial charge in [0.25, 0.3) is 5.91 Å². The number of thiazole rings is 1. The maximum Gasteiger partial charge on any atom is 0.253 e. The molecule has 0 bridgehead atoms. The van der Waals surface area contributed by atoms with E-state index >= 15 is 0 Å². The lowest BCUT2D eigenvalue weighted by Gasteiger charge is -2.56. The van der Waals surface area contributed by atoms with Gasteiger partial charge < -0.3 is 9.64 Å². The standard InChI is InChI=1S/C18H22N2O2S/c1-17(2)8-18(10-22-3)9-20(7-15(17)18)16(21)12-4-5-13-14(6-12)23-11-19-13/h4-6,11,15H,7-10H2,1-3H3/t15-,18-/m1/s1. The SMILES string of the molecule is COC[C@@]12CN(C(=O)c3ccc4ncsc4c3)C[C@@H]1C(C)(C)C2. The van der Waals surface area contributed by atoms with Gasteiger partial charge in [-0.15, -0.1) is 11.3 Å². The Balaban J connectivity index is 1.60. The number of ether oxygens (including phenoxy) is 1. The number of benzene rings is 1. The van der Waals surface area contributed by atoms with Gasteiger partial charge in [-0.05, 0) is 36.0 Å². The number of hydrogen-bond donors (Lipinski definition) is 0. The van der Waals surface area contributed by atoms with Gasteiger partial charge in [0.1, 0.15) is 0 Å². The van der Waals surface area contributed by atoms with E-state index in [4.69, 9.17) is 4.74 Å². The molecule has 2 aromatic rings. The van der Waals surface area contributed by atoms with Gasteiger partial charge in [-0.1, -0.05) is 13.8 Å². The Morgan fingerprint density at radius 1 is 1.48 bits per heavy atom. The minimum absolute atomic E-state index is 0.140. The third-order valence-electron chi connectivity index (χ3n) is 5.70. The lowest BCUT2D eigenvalue weighted by molar-refractivity contribution is -0.107. The van der Waals surface area contributed by atoms with E-state index in [-0.39, 0.29) is 11.3 Å². The van der Waals surface area contributed by atoms with Crippen LogP contribution in [0.5, 0.6) is 0 Å². The molecule has 1 aromatic carbocycles. The smallest absolute Gasteiger partial charge is 0.253 e. The molecule has 2 atom stereocenters. The first-order chi connectivity index (χ1) is 11.0. The number of hydrogen-bond acceptors (Lipinski definition) is 4. The molecule has 1 saturated carbocycles. The van der Waals surface area contributed by atoms with Crippen LogP contribution in [0.2, 0.25) is 0 Å². The molecular formula is C18H22N2O2S. The van der Waals surface area contributed by atoms with E-state index in [0.29, 0.717) is 11.3 Å². The Labute approximate surface area is 140 Å². The van der Waals surface area contributed by atoms with Crippen LogP contribution in [-0.4, -0.2) is 42.6 Å². The van der Waals surface area contributed by atoms with E-state index in [1.165, 1.54) is 0 Å². The second-order valence-corrected chi connectivity index (χ2v) is 8.62. The minimum atomic E-state index is 0.140. The Morgan fingerprint density at radius 2 is 2.30 bits per heavy atom. The largest absolute Gasteiger partial charge is 0.384 e. The summed E-state index contributed by atoms with van der Waals surface area (Å²) in [5, 5.41) is 0. The van der Waals surface area contributed by atoms with Gasteiger partial charge in [0, 0.05) is 31.2 Å². The van der Waals surface area contributed by atoms with Gasteiger partial charge in [0.05, 0.1) is 22.3 Å². The Kier molecular flexibility index (Phi) is 3.29. The molecule has 23 heavy (non-hydrogen) atoms. The van der Waals surface area contributed by atoms with Crippen molar-refractivity contribution in [3.63, 3.8) is 0 Å². The summed E-state index contributed by atoms with van der Waals surface area (Å²) < 4.78 is 6.55. The highest BCUT2D eigenvalue weighted by molar-refractivity contribution is 7.16. The van der Waals surface area contributed by atoms with Gasteiger partial charge in [0.15, 0.2) is 0 Å². The van der Waals surface area contributed by atoms with E-state index in [0.717, 1.165) is 41.9 Å². The number of aromatic nitrogens is 1. The van der Waals surface area contributed by atoms with E-state index < -0.39 is 0 Å². The Hall–Kier alpha value is -1.46. The fourth-order valence-electron chi connectivity index (χ4n) is 4.93. The number of rotatable bonds is 3. The second-order valence-electron chi connectivity index (χ2n) is 7.73. The molecule has 4 rings (SSSR count). The first-order valence-electron chi connectivity index (χ1n) is 8.07. The van der Waals surface area contributed by atoms with Crippen molar-refractivity contribution in [2.75, 3.05) is 26.8 Å². The van der Waals surface area contributed by atoms with Crippen molar-refractivity contribution < 1.29 is 9.53 Å². The van der Waals surface area contributed by atoms with Crippen molar-refractivity contribution in [1.29, 1.82) is 0 Å². The predicted molar refractivity (Wildman–Crippen MR) is 91.7 cm³/mol. The molecule has 0 N–H and O–H groups in total. The van der Waals surface area contributed by atoms with Gasteiger partial charge in [-0.2, -0.15) is 0 Å². The van der Waals surface area contributed by atoms with Crippen molar-refractivity contribution in [3.05, 3.63) is 29.3 Å².